The molecule has 0 heterocycles. The van der Waals surface area contributed by atoms with Gasteiger partial charge in [0.1, 0.15) is 0 Å². The van der Waals surface area contributed by atoms with Gasteiger partial charge in [-0.2, -0.15) is 0 Å². The molecule has 2 aliphatic carbocycles. The maximum absolute atomic E-state index is 11.7. The SMILES string of the molecule is CC1CCC(NCC(=O)NC2CC2)c2ccccc21. The molecule has 0 radical (unpaired) electrons. The molecule has 0 aliphatic heterocycles. The fraction of sp³-hybridized carbons (Fsp3) is 0.562. The average Bonchev–Trinajstić information content (AvgIpc) is 3.22. The molecule has 2 atom stereocenters. The fourth-order valence-electron chi connectivity index (χ4n) is 2.94. The Hall–Kier alpha value is -1.35. The van der Waals surface area contributed by atoms with Crippen molar-refractivity contribution in [3.8, 4) is 0 Å². The van der Waals surface area contributed by atoms with Crippen LogP contribution in [0.1, 0.15) is 55.7 Å². The smallest absolute Gasteiger partial charge is 0.234 e. The molecule has 0 aromatic heterocycles. The molecule has 1 saturated carbocycles. The van der Waals surface area contributed by atoms with Gasteiger partial charge in [0.15, 0.2) is 0 Å². The Morgan fingerprint density at radius 3 is 2.63 bits per heavy atom. The van der Waals surface area contributed by atoms with Gasteiger partial charge in [-0.15, -0.1) is 0 Å². The van der Waals surface area contributed by atoms with Gasteiger partial charge in [-0.1, -0.05) is 31.2 Å². The standard InChI is InChI=1S/C16H22N2O/c1-11-6-9-15(14-5-3-2-4-13(11)14)17-10-16(19)18-12-7-8-12/h2-5,11-12,15,17H,6-10H2,1H3,(H,18,19). The molecule has 1 aromatic carbocycles. The van der Waals surface area contributed by atoms with E-state index in [1.165, 1.54) is 17.5 Å². The van der Waals surface area contributed by atoms with Gasteiger partial charge in [-0.25, -0.2) is 0 Å². The van der Waals surface area contributed by atoms with Crippen LogP contribution < -0.4 is 10.6 Å². The van der Waals surface area contributed by atoms with Crippen molar-refractivity contribution in [3.63, 3.8) is 0 Å². The Morgan fingerprint density at radius 1 is 1.16 bits per heavy atom. The first-order valence-corrected chi connectivity index (χ1v) is 7.35. The molecule has 2 unspecified atom stereocenters. The second-order valence-electron chi connectivity index (χ2n) is 5.88. The van der Waals surface area contributed by atoms with Gasteiger partial charge in [-0.3, -0.25) is 4.79 Å². The minimum Gasteiger partial charge on any atom is -0.352 e. The van der Waals surface area contributed by atoms with Gasteiger partial charge < -0.3 is 10.6 Å². The Labute approximate surface area is 114 Å². The molecule has 19 heavy (non-hydrogen) atoms. The molecule has 1 aromatic rings. The van der Waals surface area contributed by atoms with Crippen LogP contribution in [0.5, 0.6) is 0 Å². The molecule has 0 bridgehead atoms. The number of rotatable bonds is 4. The van der Waals surface area contributed by atoms with Crippen LogP contribution in [0.2, 0.25) is 0 Å². The number of hydrogen-bond donors (Lipinski definition) is 2. The summed E-state index contributed by atoms with van der Waals surface area (Å²) >= 11 is 0. The Kier molecular flexibility index (Phi) is 3.56. The third-order valence-corrected chi connectivity index (χ3v) is 4.24. The predicted octanol–water partition coefficient (Wildman–Crippen LogP) is 2.49. The summed E-state index contributed by atoms with van der Waals surface area (Å²) < 4.78 is 0. The molecule has 1 fully saturated rings. The van der Waals surface area contributed by atoms with Crippen LogP contribution in [0.3, 0.4) is 0 Å². The molecule has 2 aliphatic rings. The van der Waals surface area contributed by atoms with E-state index in [0.29, 0.717) is 24.5 Å². The lowest BCUT2D eigenvalue weighted by molar-refractivity contribution is -0.120. The van der Waals surface area contributed by atoms with E-state index in [0.717, 1.165) is 19.3 Å². The van der Waals surface area contributed by atoms with Crippen molar-refractivity contribution in [2.24, 2.45) is 0 Å². The number of carbonyl (C=O) groups is 1. The zero-order valence-corrected chi connectivity index (χ0v) is 11.5. The summed E-state index contributed by atoms with van der Waals surface area (Å²) in [5.41, 5.74) is 2.81. The number of fused-ring (bicyclic) bond motifs is 1. The van der Waals surface area contributed by atoms with E-state index in [4.69, 9.17) is 0 Å². The second-order valence-corrected chi connectivity index (χ2v) is 5.88. The van der Waals surface area contributed by atoms with Crippen molar-refractivity contribution in [1.82, 2.24) is 10.6 Å². The minimum atomic E-state index is 0.138. The minimum absolute atomic E-state index is 0.138. The monoisotopic (exact) mass is 258 g/mol. The lowest BCUT2D eigenvalue weighted by Crippen LogP contribution is -2.37. The number of amides is 1. The van der Waals surface area contributed by atoms with Crippen LogP contribution in [0.15, 0.2) is 24.3 Å². The van der Waals surface area contributed by atoms with Crippen LogP contribution in [0.25, 0.3) is 0 Å². The summed E-state index contributed by atoms with van der Waals surface area (Å²) in [5, 5.41) is 6.44. The van der Waals surface area contributed by atoms with E-state index < -0.39 is 0 Å². The lowest BCUT2D eigenvalue weighted by Gasteiger charge is -2.30. The maximum atomic E-state index is 11.7. The van der Waals surface area contributed by atoms with Crippen molar-refractivity contribution in [1.29, 1.82) is 0 Å². The topological polar surface area (TPSA) is 41.1 Å². The molecule has 102 valence electrons. The normalized spacial score (nSPS) is 25.7. The predicted molar refractivity (Wildman–Crippen MR) is 76.0 cm³/mol. The molecule has 3 rings (SSSR count). The van der Waals surface area contributed by atoms with Gasteiger partial charge >= 0.3 is 0 Å². The largest absolute Gasteiger partial charge is 0.352 e. The van der Waals surface area contributed by atoms with Crippen molar-refractivity contribution in [3.05, 3.63) is 35.4 Å². The molecule has 2 N–H and O–H groups in total. The molecule has 0 saturated heterocycles. The molecular weight excluding hydrogens is 236 g/mol. The Balaban J connectivity index is 1.62. The average molecular weight is 258 g/mol. The quantitative estimate of drug-likeness (QED) is 0.871. The van der Waals surface area contributed by atoms with E-state index in [-0.39, 0.29) is 5.91 Å². The van der Waals surface area contributed by atoms with Gasteiger partial charge in [0.05, 0.1) is 6.54 Å². The van der Waals surface area contributed by atoms with E-state index in [2.05, 4.69) is 41.8 Å². The summed E-state index contributed by atoms with van der Waals surface area (Å²) in [7, 11) is 0. The third-order valence-electron chi connectivity index (χ3n) is 4.24. The van der Waals surface area contributed by atoms with Crippen molar-refractivity contribution < 1.29 is 4.79 Å². The highest BCUT2D eigenvalue weighted by Crippen LogP contribution is 2.36. The van der Waals surface area contributed by atoms with Crippen LogP contribution >= 0.6 is 0 Å². The summed E-state index contributed by atoms with van der Waals surface area (Å²) in [5.74, 6) is 0.771. The van der Waals surface area contributed by atoms with Crippen LogP contribution in [-0.4, -0.2) is 18.5 Å². The summed E-state index contributed by atoms with van der Waals surface area (Å²) in [6, 6.07) is 9.40. The number of carbonyl (C=O) groups excluding carboxylic acids is 1. The van der Waals surface area contributed by atoms with Crippen LogP contribution in [0.4, 0.5) is 0 Å². The molecule has 1 amide bonds. The zero-order valence-electron chi connectivity index (χ0n) is 11.5. The summed E-state index contributed by atoms with van der Waals surface area (Å²) in [6.45, 7) is 2.72. The van der Waals surface area contributed by atoms with Gasteiger partial charge in [0, 0.05) is 12.1 Å². The highest BCUT2D eigenvalue weighted by molar-refractivity contribution is 5.78. The van der Waals surface area contributed by atoms with E-state index in [1.807, 2.05) is 0 Å². The van der Waals surface area contributed by atoms with E-state index >= 15 is 0 Å². The van der Waals surface area contributed by atoms with E-state index in [1.54, 1.807) is 0 Å². The number of hydrogen-bond acceptors (Lipinski definition) is 2. The van der Waals surface area contributed by atoms with Gasteiger partial charge in [0.2, 0.25) is 5.91 Å². The highest BCUT2D eigenvalue weighted by Gasteiger charge is 2.26. The third kappa shape index (κ3) is 2.98. The molecular formula is C16H22N2O. The lowest BCUT2D eigenvalue weighted by atomic mass is 9.81. The van der Waals surface area contributed by atoms with Crippen LogP contribution in [0, 0.1) is 0 Å². The summed E-state index contributed by atoms with van der Waals surface area (Å²) in [4.78, 5) is 11.7. The Morgan fingerprint density at radius 2 is 1.89 bits per heavy atom. The summed E-state index contributed by atoms with van der Waals surface area (Å²) in [6.07, 6.45) is 4.61. The first kappa shape index (κ1) is 12.7. The van der Waals surface area contributed by atoms with Crippen molar-refractivity contribution in [2.75, 3.05) is 6.54 Å². The molecule has 0 spiro atoms. The fourth-order valence-corrected chi connectivity index (χ4v) is 2.94. The Bertz CT molecular complexity index is 468. The maximum Gasteiger partial charge on any atom is 0.234 e. The van der Waals surface area contributed by atoms with E-state index in [9.17, 15) is 4.79 Å². The molecule has 3 heteroatoms. The van der Waals surface area contributed by atoms with Crippen molar-refractivity contribution in [2.45, 2.75) is 50.6 Å². The van der Waals surface area contributed by atoms with Gasteiger partial charge in [-0.05, 0) is 42.7 Å². The van der Waals surface area contributed by atoms with Crippen molar-refractivity contribution >= 4 is 5.91 Å². The number of nitrogens with one attached hydrogen (secondary N) is 2. The number of benzene rings is 1. The highest BCUT2D eigenvalue weighted by atomic mass is 16.2. The zero-order chi connectivity index (χ0) is 13.2. The molecule has 3 nitrogen and oxygen atoms in total. The first-order valence-electron chi connectivity index (χ1n) is 7.35. The second kappa shape index (κ2) is 5.33. The first-order chi connectivity index (χ1) is 9.24. The van der Waals surface area contributed by atoms with Crippen LogP contribution in [-0.2, 0) is 4.79 Å². The van der Waals surface area contributed by atoms with Gasteiger partial charge in [0.25, 0.3) is 0 Å².